The number of likely N-dealkylation sites (N-methyl/N-ethyl adjacent to an activating group) is 1. The molecule has 0 aromatic heterocycles. The molecule has 2 unspecified atom stereocenters. The minimum atomic E-state index is -1.65. The normalized spacial score (nSPS) is 14.0. The Bertz CT molecular complexity index is 2010. The summed E-state index contributed by atoms with van der Waals surface area (Å²) in [6.07, 6.45) is 92.3. The molecule has 0 N–H and O–H groups in total. The van der Waals surface area contributed by atoms with Gasteiger partial charge in [-0.15, -0.1) is 0 Å². The molecular weight excluding hydrogens is 1030 g/mol. The molecular formula is C74H115NO8. The minimum Gasteiger partial charge on any atom is -0.545 e. The maximum Gasteiger partial charge on any atom is 0.306 e. The number of hydrogen-bond acceptors (Lipinski definition) is 8. The van der Waals surface area contributed by atoms with Crippen molar-refractivity contribution in [1.29, 1.82) is 0 Å². The zero-order chi connectivity index (χ0) is 60.5. The SMILES string of the molecule is CC/C=C\C/C=C\C/C=C\C/C=C\C/C=C\C/C=C\C/C=C\C/C=C\C/C=C\C/C=C\CCCCCCC(=O)OC(COC(=O)CCCCCCCCC/C=C\C/C=C\C/C=C\C/C=C\C/C=C\CC)COC(OCC[N+](C)(C)C)C(=O)[O-]. The first kappa shape index (κ1) is 77.4. The first-order valence-electron chi connectivity index (χ1n) is 31.9. The number of carboxylic acids is 1. The van der Waals surface area contributed by atoms with Crippen LogP contribution in [0.4, 0.5) is 0 Å². The van der Waals surface area contributed by atoms with Crippen LogP contribution in [0.25, 0.3) is 0 Å². The number of esters is 2. The number of rotatable bonds is 56. The van der Waals surface area contributed by atoms with Gasteiger partial charge in [0.2, 0.25) is 0 Å². The quantitative estimate of drug-likeness (QED) is 0.0195. The number of aliphatic carboxylic acids is 1. The van der Waals surface area contributed by atoms with Crippen LogP contribution in [-0.4, -0.2) is 82.3 Å². The number of carboxylic acid groups (broad SMARTS) is 1. The summed E-state index contributed by atoms with van der Waals surface area (Å²) in [6, 6.07) is 0. The zero-order valence-electron chi connectivity index (χ0n) is 52.7. The largest absolute Gasteiger partial charge is 0.545 e. The van der Waals surface area contributed by atoms with E-state index in [1.165, 1.54) is 19.3 Å². The molecule has 0 aromatic rings. The lowest BCUT2D eigenvalue weighted by Crippen LogP contribution is -2.44. The van der Waals surface area contributed by atoms with E-state index in [2.05, 4.69) is 196 Å². The van der Waals surface area contributed by atoms with E-state index in [0.717, 1.165) is 148 Å². The maximum atomic E-state index is 12.9. The minimum absolute atomic E-state index is 0.129. The first-order valence-corrected chi connectivity index (χ1v) is 31.9. The van der Waals surface area contributed by atoms with Crippen molar-refractivity contribution in [2.24, 2.45) is 0 Å². The molecule has 2 atom stereocenters. The second-order valence-corrected chi connectivity index (χ2v) is 21.6. The molecule has 464 valence electrons. The predicted molar refractivity (Wildman–Crippen MR) is 351 cm³/mol. The van der Waals surface area contributed by atoms with Gasteiger partial charge in [-0.2, -0.15) is 0 Å². The summed E-state index contributed by atoms with van der Waals surface area (Å²) in [6.45, 7) is 4.44. The lowest BCUT2D eigenvalue weighted by atomic mass is 10.1. The Morgan fingerprint density at radius 2 is 0.651 bits per heavy atom. The van der Waals surface area contributed by atoms with E-state index in [0.29, 0.717) is 23.9 Å². The fraction of sp³-hybridized carbons (Fsp3) is 0.554. The van der Waals surface area contributed by atoms with Crippen LogP contribution < -0.4 is 5.11 Å². The van der Waals surface area contributed by atoms with Gasteiger partial charge in [0.1, 0.15) is 13.2 Å². The molecule has 0 fully saturated rings. The number of hydrogen-bond donors (Lipinski definition) is 0. The number of nitrogens with zero attached hydrogens (tertiary/aromatic N) is 1. The van der Waals surface area contributed by atoms with Crippen molar-refractivity contribution in [3.63, 3.8) is 0 Å². The lowest BCUT2D eigenvalue weighted by Gasteiger charge is -2.26. The highest BCUT2D eigenvalue weighted by molar-refractivity contribution is 5.70. The second-order valence-electron chi connectivity index (χ2n) is 21.6. The van der Waals surface area contributed by atoms with E-state index in [4.69, 9.17) is 18.9 Å². The van der Waals surface area contributed by atoms with Crippen LogP contribution in [-0.2, 0) is 33.3 Å². The highest BCUT2D eigenvalue weighted by Crippen LogP contribution is 2.13. The van der Waals surface area contributed by atoms with Crippen LogP contribution in [0.15, 0.2) is 182 Å². The fourth-order valence-electron chi connectivity index (χ4n) is 7.82. The monoisotopic (exact) mass is 1150 g/mol. The van der Waals surface area contributed by atoms with Crippen LogP contribution >= 0.6 is 0 Å². The molecule has 0 saturated heterocycles. The molecule has 9 heteroatoms. The van der Waals surface area contributed by atoms with Gasteiger partial charge in [-0.25, -0.2) is 0 Å². The van der Waals surface area contributed by atoms with Crippen molar-refractivity contribution < 1.29 is 42.9 Å². The third-order valence-corrected chi connectivity index (χ3v) is 12.6. The second kappa shape index (κ2) is 62.4. The van der Waals surface area contributed by atoms with Crippen molar-refractivity contribution in [2.45, 2.75) is 219 Å². The fourth-order valence-corrected chi connectivity index (χ4v) is 7.82. The summed E-state index contributed by atoms with van der Waals surface area (Å²) in [7, 11) is 5.89. The average Bonchev–Trinajstić information content (AvgIpc) is 3.46. The van der Waals surface area contributed by atoms with E-state index >= 15 is 0 Å². The number of allylic oxidation sites excluding steroid dienone is 30. The third kappa shape index (κ3) is 63.8. The van der Waals surface area contributed by atoms with Gasteiger partial charge in [0, 0.05) is 12.8 Å². The van der Waals surface area contributed by atoms with Gasteiger partial charge in [-0.05, 0) is 135 Å². The van der Waals surface area contributed by atoms with Gasteiger partial charge in [0.25, 0.3) is 0 Å². The molecule has 9 nitrogen and oxygen atoms in total. The highest BCUT2D eigenvalue weighted by Gasteiger charge is 2.22. The van der Waals surface area contributed by atoms with Gasteiger partial charge >= 0.3 is 11.9 Å². The van der Waals surface area contributed by atoms with Crippen molar-refractivity contribution in [3.05, 3.63) is 182 Å². The summed E-state index contributed by atoms with van der Waals surface area (Å²) >= 11 is 0. The summed E-state index contributed by atoms with van der Waals surface area (Å²) < 4.78 is 22.7. The number of carbonyl (C=O) groups excluding carboxylic acids is 3. The Kier molecular flexibility index (Phi) is 58.2. The van der Waals surface area contributed by atoms with Crippen LogP contribution in [0.1, 0.15) is 206 Å². The molecule has 0 rings (SSSR count). The van der Waals surface area contributed by atoms with Crippen LogP contribution in [0.3, 0.4) is 0 Å². The van der Waals surface area contributed by atoms with E-state index in [-0.39, 0.29) is 38.6 Å². The van der Waals surface area contributed by atoms with Crippen molar-refractivity contribution in [3.8, 4) is 0 Å². The summed E-state index contributed by atoms with van der Waals surface area (Å²) in [5.74, 6) is -2.36. The maximum absolute atomic E-state index is 12.9. The smallest absolute Gasteiger partial charge is 0.306 e. The molecule has 0 aliphatic heterocycles. The molecule has 0 aliphatic carbocycles. The Balaban J connectivity index is 4.34. The molecule has 0 saturated carbocycles. The molecule has 0 spiro atoms. The zero-order valence-corrected chi connectivity index (χ0v) is 52.7. The Labute approximate surface area is 507 Å². The van der Waals surface area contributed by atoms with Gasteiger partial charge in [-0.1, -0.05) is 241 Å². The van der Waals surface area contributed by atoms with E-state index in [1.807, 2.05) is 21.1 Å². The van der Waals surface area contributed by atoms with Crippen LogP contribution in [0.5, 0.6) is 0 Å². The van der Waals surface area contributed by atoms with Gasteiger partial charge < -0.3 is 33.3 Å². The summed E-state index contributed by atoms with van der Waals surface area (Å²) in [5.41, 5.74) is 0. The van der Waals surface area contributed by atoms with E-state index < -0.39 is 24.3 Å². The van der Waals surface area contributed by atoms with E-state index in [1.54, 1.807) is 0 Å². The lowest BCUT2D eigenvalue weighted by molar-refractivity contribution is -0.870. The number of carbonyl (C=O) groups is 3. The number of unbranched alkanes of at least 4 members (excludes halogenated alkanes) is 11. The number of ether oxygens (including phenoxy) is 4. The topological polar surface area (TPSA) is 111 Å². The standard InChI is InChI=1S/C74H115NO8/c1-6-8-10-12-14-16-18-20-22-24-26-28-30-31-32-33-34-35-36-37-38-39-40-41-43-45-47-49-51-53-55-57-59-61-63-65-72(77)83-70(69-82-74(73(78)79)80-67-66-75(3,4)5)68-81-71(76)64-62-60-58-56-54-52-50-48-46-44-42-29-27-25-23-21-19-17-15-13-11-9-7-2/h8-11,14-17,20-23,26-29,31-32,34-35,37-38,40-41,44-47,51,53,70,74H,6-7,12-13,18-19,24-25,30,33,36,39,42-43,48-50,52,54-69H2,1-5H3/b10-8-,11-9-,16-14-,17-15-,22-20-,23-21-,28-26-,29-27-,32-31-,35-34-,38-37-,41-40-,46-44-,47-45-,53-51-. The molecule has 0 bridgehead atoms. The van der Waals surface area contributed by atoms with Gasteiger partial charge in [-0.3, -0.25) is 9.59 Å². The van der Waals surface area contributed by atoms with Gasteiger partial charge in [0.15, 0.2) is 12.4 Å². The molecule has 83 heavy (non-hydrogen) atoms. The summed E-state index contributed by atoms with van der Waals surface area (Å²) in [4.78, 5) is 37.4. The van der Waals surface area contributed by atoms with Crippen molar-refractivity contribution in [2.75, 3.05) is 47.5 Å². The van der Waals surface area contributed by atoms with Crippen molar-refractivity contribution in [1.82, 2.24) is 0 Å². The molecule has 0 amide bonds. The Hall–Kier alpha value is -5.61. The van der Waals surface area contributed by atoms with Crippen LogP contribution in [0, 0.1) is 0 Å². The highest BCUT2D eigenvalue weighted by atomic mass is 16.7. The number of quaternary nitrogens is 1. The molecule has 0 radical (unpaired) electrons. The molecule has 0 heterocycles. The Morgan fingerprint density at radius 3 is 0.964 bits per heavy atom. The van der Waals surface area contributed by atoms with E-state index in [9.17, 15) is 19.5 Å². The van der Waals surface area contributed by atoms with Crippen molar-refractivity contribution >= 4 is 17.9 Å². The summed E-state index contributed by atoms with van der Waals surface area (Å²) in [5, 5.41) is 11.8. The predicted octanol–water partition coefficient (Wildman–Crippen LogP) is 18.3. The Morgan fingerprint density at radius 1 is 0.361 bits per heavy atom. The third-order valence-electron chi connectivity index (χ3n) is 12.6. The first-order chi connectivity index (χ1) is 40.6. The van der Waals surface area contributed by atoms with Gasteiger partial charge in [0.05, 0.1) is 40.3 Å². The van der Waals surface area contributed by atoms with Crippen LogP contribution in [0.2, 0.25) is 0 Å². The average molecular weight is 1150 g/mol. The molecule has 0 aromatic carbocycles. The molecule has 0 aliphatic rings.